The fourth-order valence-electron chi connectivity index (χ4n) is 2.31. The molecule has 3 nitrogen and oxygen atoms in total. The third-order valence-electron chi connectivity index (χ3n) is 2.79. The number of hydrogen-bond donors (Lipinski definition) is 1. The summed E-state index contributed by atoms with van der Waals surface area (Å²) in [6, 6.07) is 1.24. The summed E-state index contributed by atoms with van der Waals surface area (Å²) in [5, 5.41) is 3.44. The van der Waals surface area contributed by atoms with Crippen LogP contribution in [0.4, 0.5) is 0 Å². The second-order valence-electron chi connectivity index (χ2n) is 3.48. The second-order valence-corrected chi connectivity index (χ2v) is 3.48. The number of aromatic nitrogens is 2. The van der Waals surface area contributed by atoms with E-state index in [1.807, 2.05) is 6.20 Å². The van der Waals surface area contributed by atoms with E-state index in [9.17, 15) is 0 Å². The Kier molecular flexibility index (Phi) is 0.874. The minimum atomic E-state index is 0.550. The van der Waals surface area contributed by atoms with Crippen molar-refractivity contribution in [1.29, 1.82) is 0 Å². The molecule has 0 radical (unpaired) electrons. The van der Waals surface area contributed by atoms with Crippen molar-refractivity contribution in [2.45, 2.75) is 25.4 Å². The highest BCUT2D eigenvalue weighted by molar-refractivity contribution is 5.18. The highest BCUT2D eigenvalue weighted by Crippen LogP contribution is 2.39. The van der Waals surface area contributed by atoms with Crippen LogP contribution in [0.15, 0.2) is 6.20 Å². The molecule has 3 rings (SSSR count). The third kappa shape index (κ3) is 0.554. The number of fused-ring (bicyclic) bond motifs is 5. The van der Waals surface area contributed by atoms with Crippen molar-refractivity contribution in [1.82, 2.24) is 14.9 Å². The van der Waals surface area contributed by atoms with Crippen molar-refractivity contribution in [3.63, 3.8) is 0 Å². The Morgan fingerprint density at radius 3 is 3.45 bits per heavy atom. The summed E-state index contributed by atoms with van der Waals surface area (Å²) < 4.78 is 2.38. The van der Waals surface area contributed by atoms with Gasteiger partial charge in [-0.2, -0.15) is 0 Å². The minimum absolute atomic E-state index is 0.550. The van der Waals surface area contributed by atoms with Gasteiger partial charge in [0.25, 0.3) is 0 Å². The van der Waals surface area contributed by atoms with Crippen molar-refractivity contribution < 1.29 is 0 Å². The van der Waals surface area contributed by atoms with Crippen LogP contribution in [-0.4, -0.2) is 16.1 Å². The first kappa shape index (κ1) is 5.77. The quantitative estimate of drug-likeness (QED) is 0.590. The molecule has 1 N–H and O–H groups in total. The minimum Gasteiger partial charge on any atom is -0.327 e. The van der Waals surface area contributed by atoms with Gasteiger partial charge in [-0.3, -0.25) is 0 Å². The van der Waals surface area contributed by atoms with E-state index in [1.165, 1.54) is 17.9 Å². The topological polar surface area (TPSA) is 29.9 Å². The summed E-state index contributed by atoms with van der Waals surface area (Å²) in [6.45, 7) is 3.27. The molecule has 0 aliphatic carbocycles. The summed E-state index contributed by atoms with van der Waals surface area (Å²) in [7, 11) is 0. The van der Waals surface area contributed by atoms with Crippen LogP contribution in [-0.2, 0) is 0 Å². The number of nitrogens with zero attached hydrogens (tertiary/aromatic N) is 2. The molecule has 1 saturated heterocycles. The second kappa shape index (κ2) is 1.67. The normalized spacial score (nSPS) is 32.8. The van der Waals surface area contributed by atoms with Crippen LogP contribution in [0.5, 0.6) is 0 Å². The standard InChI is InChI=1S/C8H11N3/c1-5-3-10-8-7-2-6(4-9-7)11(5)8/h3,6-7,9H,2,4H2,1H3/t6-,7-/m0/s1. The lowest BCUT2D eigenvalue weighted by Crippen LogP contribution is -2.24. The summed E-state index contributed by atoms with van der Waals surface area (Å²) in [5.41, 5.74) is 1.31. The molecule has 0 spiro atoms. The average molecular weight is 149 g/mol. The molecule has 0 saturated carbocycles. The average Bonchev–Trinajstić information content (AvgIpc) is 2.60. The maximum Gasteiger partial charge on any atom is 0.126 e. The molecule has 58 valence electrons. The van der Waals surface area contributed by atoms with Gasteiger partial charge >= 0.3 is 0 Å². The van der Waals surface area contributed by atoms with Crippen LogP contribution in [0.1, 0.15) is 30.0 Å². The van der Waals surface area contributed by atoms with Crippen molar-refractivity contribution in [2.24, 2.45) is 0 Å². The van der Waals surface area contributed by atoms with Gasteiger partial charge in [0, 0.05) is 24.5 Å². The van der Waals surface area contributed by atoms with Crippen LogP contribution >= 0.6 is 0 Å². The molecule has 3 heterocycles. The Hall–Kier alpha value is -0.830. The highest BCUT2D eigenvalue weighted by atomic mass is 15.2. The molecule has 2 bridgehead atoms. The van der Waals surface area contributed by atoms with Crippen LogP contribution in [0.2, 0.25) is 0 Å². The van der Waals surface area contributed by atoms with E-state index in [2.05, 4.69) is 21.8 Å². The van der Waals surface area contributed by atoms with Crippen LogP contribution in [0.3, 0.4) is 0 Å². The zero-order valence-corrected chi connectivity index (χ0v) is 6.54. The Morgan fingerprint density at radius 2 is 2.64 bits per heavy atom. The van der Waals surface area contributed by atoms with E-state index in [0.29, 0.717) is 12.1 Å². The molecule has 1 fully saturated rings. The van der Waals surface area contributed by atoms with E-state index in [0.717, 1.165) is 6.54 Å². The Bertz CT molecular complexity index is 302. The van der Waals surface area contributed by atoms with E-state index < -0.39 is 0 Å². The fourth-order valence-corrected chi connectivity index (χ4v) is 2.31. The van der Waals surface area contributed by atoms with Crippen molar-refractivity contribution in [3.05, 3.63) is 17.7 Å². The first-order valence-electron chi connectivity index (χ1n) is 4.13. The van der Waals surface area contributed by atoms with Gasteiger partial charge in [-0.25, -0.2) is 4.98 Å². The number of aryl methyl sites for hydroxylation is 1. The molecule has 2 aliphatic heterocycles. The fraction of sp³-hybridized carbons (Fsp3) is 0.625. The van der Waals surface area contributed by atoms with Crippen molar-refractivity contribution in [2.75, 3.05) is 6.54 Å². The van der Waals surface area contributed by atoms with Crippen molar-refractivity contribution in [3.8, 4) is 0 Å². The summed E-state index contributed by atoms with van der Waals surface area (Å²) in [4.78, 5) is 4.38. The first-order chi connectivity index (χ1) is 5.36. The lowest BCUT2D eigenvalue weighted by molar-refractivity contribution is 0.521. The highest BCUT2D eigenvalue weighted by Gasteiger charge is 2.38. The molecule has 1 aromatic heterocycles. The third-order valence-corrected chi connectivity index (χ3v) is 2.79. The van der Waals surface area contributed by atoms with E-state index >= 15 is 0 Å². The van der Waals surface area contributed by atoms with E-state index in [4.69, 9.17) is 0 Å². The van der Waals surface area contributed by atoms with Crippen molar-refractivity contribution >= 4 is 0 Å². The predicted octanol–water partition coefficient (Wildman–Crippen LogP) is 0.781. The molecule has 0 unspecified atom stereocenters. The Balaban J connectivity index is 2.25. The largest absolute Gasteiger partial charge is 0.327 e. The smallest absolute Gasteiger partial charge is 0.126 e. The lowest BCUT2D eigenvalue weighted by Gasteiger charge is -2.15. The molecule has 1 aromatic rings. The van der Waals surface area contributed by atoms with Gasteiger partial charge in [-0.1, -0.05) is 0 Å². The molecule has 11 heavy (non-hydrogen) atoms. The van der Waals surface area contributed by atoms with Crippen LogP contribution in [0.25, 0.3) is 0 Å². The van der Waals surface area contributed by atoms with Gasteiger partial charge in [0.05, 0.1) is 6.04 Å². The van der Waals surface area contributed by atoms with Gasteiger partial charge in [0.1, 0.15) is 5.82 Å². The van der Waals surface area contributed by atoms with E-state index in [-0.39, 0.29) is 0 Å². The van der Waals surface area contributed by atoms with Gasteiger partial charge in [-0.15, -0.1) is 0 Å². The van der Waals surface area contributed by atoms with Gasteiger partial charge in [0.2, 0.25) is 0 Å². The zero-order chi connectivity index (χ0) is 7.42. The maximum absolute atomic E-state index is 4.38. The number of nitrogens with one attached hydrogen (secondary N) is 1. The monoisotopic (exact) mass is 149 g/mol. The molecule has 2 atom stereocenters. The molecule has 0 aromatic carbocycles. The first-order valence-corrected chi connectivity index (χ1v) is 4.13. The summed E-state index contributed by atoms with van der Waals surface area (Å²) >= 11 is 0. The molecular formula is C8H11N3. The molecule has 0 amide bonds. The summed E-state index contributed by atoms with van der Waals surface area (Å²) in [6.07, 6.45) is 3.23. The predicted molar refractivity (Wildman–Crippen MR) is 41.4 cm³/mol. The van der Waals surface area contributed by atoms with E-state index in [1.54, 1.807) is 0 Å². The maximum atomic E-state index is 4.38. The Morgan fingerprint density at radius 1 is 1.73 bits per heavy atom. The van der Waals surface area contributed by atoms with Gasteiger partial charge < -0.3 is 9.88 Å². The SMILES string of the molecule is Cc1cnc2n1[C@@H]1CN[C@H]2C1. The number of imidazole rings is 1. The molecular weight excluding hydrogens is 138 g/mol. The molecule has 3 heteroatoms. The number of rotatable bonds is 0. The Labute approximate surface area is 65.4 Å². The van der Waals surface area contributed by atoms with Crippen LogP contribution in [0, 0.1) is 6.92 Å². The summed E-state index contributed by atoms with van der Waals surface area (Å²) in [5.74, 6) is 1.25. The lowest BCUT2D eigenvalue weighted by atomic mass is 10.2. The van der Waals surface area contributed by atoms with Gasteiger partial charge in [0.15, 0.2) is 0 Å². The molecule has 2 aliphatic rings. The van der Waals surface area contributed by atoms with Gasteiger partial charge in [-0.05, 0) is 13.3 Å². The zero-order valence-electron chi connectivity index (χ0n) is 6.54. The van der Waals surface area contributed by atoms with Crippen LogP contribution < -0.4 is 5.32 Å². The number of hydrogen-bond acceptors (Lipinski definition) is 2.